The van der Waals surface area contributed by atoms with Crippen LogP contribution in [0.1, 0.15) is 25.1 Å². The van der Waals surface area contributed by atoms with Gasteiger partial charge >= 0.3 is 0 Å². The second-order valence-corrected chi connectivity index (χ2v) is 2.84. The number of aromatic nitrogens is 2. The normalized spacial score (nSPS) is 10.6. The molecule has 0 aliphatic heterocycles. The predicted molar refractivity (Wildman–Crippen MR) is 50.0 cm³/mol. The van der Waals surface area contributed by atoms with Gasteiger partial charge in [-0.1, -0.05) is 6.92 Å². The van der Waals surface area contributed by atoms with E-state index in [2.05, 4.69) is 30.5 Å². The van der Waals surface area contributed by atoms with Crippen LogP contribution in [0.2, 0.25) is 0 Å². The highest BCUT2D eigenvalue weighted by Crippen LogP contribution is 2.06. The zero-order valence-corrected chi connectivity index (χ0v) is 8.09. The van der Waals surface area contributed by atoms with Crippen molar-refractivity contribution in [3.8, 4) is 0 Å². The third-order valence-corrected chi connectivity index (χ3v) is 1.95. The third-order valence-electron chi connectivity index (χ3n) is 1.95. The molecule has 0 saturated heterocycles. The van der Waals surface area contributed by atoms with E-state index in [0.29, 0.717) is 0 Å². The van der Waals surface area contributed by atoms with Crippen LogP contribution in [-0.4, -0.2) is 16.8 Å². The maximum Gasteiger partial charge on any atom is 0.0666 e. The summed E-state index contributed by atoms with van der Waals surface area (Å²) in [6, 6.07) is 0. The summed E-state index contributed by atoms with van der Waals surface area (Å²) in [4.78, 5) is 0. The highest BCUT2D eigenvalue weighted by Gasteiger charge is 2.04. The molecule has 1 N–H and O–H groups in total. The van der Waals surface area contributed by atoms with Crippen molar-refractivity contribution in [3.63, 3.8) is 0 Å². The highest BCUT2D eigenvalue weighted by atomic mass is 15.3. The van der Waals surface area contributed by atoms with Crippen LogP contribution in [-0.2, 0) is 19.5 Å². The first-order valence-electron chi connectivity index (χ1n) is 4.51. The summed E-state index contributed by atoms with van der Waals surface area (Å²) in [6.45, 7) is 6.12. The van der Waals surface area contributed by atoms with E-state index >= 15 is 0 Å². The minimum atomic E-state index is 0.920. The fourth-order valence-corrected chi connectivity index (χ4v) is 1.30. The van der Waals surface area contributed by atoms with Gasteiger partial charge < -0.3 is 5.32 Å². The lowest BCUT2D eigenvalue weighted by atomic mass is 10.2. The molecular weight excluding hydrogens is 150 g/mol. The quantitative estimate of drug-likeness (QED) is 0.730. The van der Waals surface area contributed by atoms with Crippen molar-refractivity contribution in [1.82, 2.24) is 15.1 Å². The maximum atomic E-state index is 4.44. The molecule has 3 nitrogen and oxygen atoms in total. The van der Waals surface area contributed by atoms with Gasteiger partial charge in [0.1, 0.15) is 0 Å². The Morgan fingerprint density at radius 1 is 1.50 bits per heavy atom. The van der Waals surface area contributed by atoms with Crippen LogP contribution in [0.4, 0.5) is 0 Å². The van der Waals surface area contributed by atoms with Crippen molar-refractivity contribution in [2.24, 2.45) is 0 Å². The molecule has 0 radical (unpaired) electrons. The first-order valence-corrected chi connectivity index (χ1v) is 4.51. The van der Waals surface area contributed by atoms with Crippen LogP contribution in [0, 0.1) is 0 Å². The Hall–Kier alpha value is -0.830. The van der Waals surface area contributed by atoms with Crippen molar-refractivity contribution < 1.29 is 0 Å². The molecule has 0 saturated carbocycles. The SMILES string of the molecule is CCc1nn(CC)cc1CNC. The van der Waals surface area contributed by atoms with Gasteiger partial charge in [-0.2, -0.15) is 5.10 Å². The van der Waals surface area contributed by atoms with Gasteiger partial charge in [0.15, 0.2) is 0 Å². The standard InChI is InChI=1S/C9H17N3/c1-4-9-8(6-10-3)7-12(5-2)11-9/h7,10H,4-6H2,1-3H3. The topological polar surface area (TPSA) is 29.9 Å². The Bertz CT molecular complexity index is 240. The van der Waals surface area contributed by atoms with Gasteiger partial charge in [-0.3, -0.25) is 4.68 Å². The van der Waals surface area contributed by atoms with E-state index < -0.39 is 0 Å². The van der Waals surface area contributed by atoms with Gasteiger partial charge in [-0.15, -0.1) is 0 Å². The first kappa shape index (κ1) is 9.26. The molecule has 0 aliphatic rings. The molecule has 68 valence electrons. The van der Waals surface area contributed by atoms with Crippen molar-refractivity contribution in [3.05, 3.63) is 17.5 Å². The van der Waals surface area contributed by atoms with Crippen molar-refractivity contribution in [2.75, 3.05) is 7.05 Å². The molecule has 0 unspecified atom stereocenters. The van der Waals surface area contributed by atoms with Crippen LogP contribution in [0.15, 0.2) is 6.20 Å². The number of rotatable bonds is 4. The van der Waals surface area contributed by atoms with Gasteiger partial charge in [0, 0.05) is 24.8 Å². The molecule has 0 spiro atoms. The molecule has 3 heteroatoms. The minimum Gasteiger partial charge on any atom is -0.316 e. The van der Waals surface area contributed by atoms with Gasteiger partial charge in [-0.25, -0.2) is 0 Å². The Balaban J connectivity index is 2.84. The summed E-state index contributed by atoms with van der Waals surface area (Å²) in [7, 11) is 1.96. The molecule has 1 aromatic rings. The van der Waals surface area contributed by atoms with Gasteiger partial charge in [0.2, 0.25) is 0 Å². The van der Waals surface area contributed by atoms with Crippen LogP contribution in [0.5, 0.6) is 0 Å². The lowest BCUT2D eigenvalue weighted by Gasteiger charge is -1.95. The number of aryl methyl sites for hydroxylation is 2. The summed E-state index contributed by atoms with van der Waals surface area (Å²) in [5.41, 5.74) is 2.54. The third kappa shape index (κ3) is 1.85. The van der Waals surface area contributed by atoms with E-state index in [4.69, 9.17) is 0 Å². The first-order chi connectivity index (χ1) is 5.81. The van der Waals surface area contributed by atoms with E-state index in [0.717, 1.165) is 19.5 Å². The van der Waals surface area contributed by atoms with Crippen LogP contribution < -0.4 is 5.32 Å². The van der Waals surface area contributed by atoms with Crippen LogP contribution in [0.25, 0.3) is 0 Å². The van der Waals surface area contributed by atoms with E-state index in [1.165, 1.54) is 11.3 Å². The monoisotopic (exact) mass is 167 g/mol. The summed E-state index contributed by atoms with van der Waals surface area (Å²) in [5.74, 6) is 0. The molecule has 1 rings (SSSR count). The van der Waals surface area contributed by atoms with Gasteiger partial charge in [0.05, 0.1) is 5.69 Å². The number of nitrogens with one attached hydrogen (secondary N) is 1. The molecular formula is C9H17N3. The lowest BCUT2D eigenvalue weighted by Crippen LogP contribution is -2.05. The lowest BCUT2D eigenvalue weighted by molar-refractivity contribution is 0.648. The van der Waals surface area contributed by atoms with Gasteiger partial charge in [-0.05, 0) is 20.4 Å². The molecule has 0 fully saturated rings. The van der Waals surface area contributed by atoms with Crippen molar-refractivity contribution >= 4 is 0 Å². The Morgan fingerprint density at radius 2 is 2.25 bits per heavy atom. The Labute approximate surface area is 73.8 Å². The van der Waals surface area contributed by atoms with E-state index in [1.54, 1.807) is 0 Å². The van der Waals surface area contributed by atoms with Crippen molar-refractivity contribution in [1.29, 1.82) is 0 Å². The number of hydrogen-bond donors (Lipinski definition) is 1. The average Bonchev–Trinajstić information content (AvgIpc) is 2.48. The molecule has 0 bridgehead atoms. The molecule has 12 heavy (non-hydrogen) atoms. The van der Waals surface area contributed by atoms with Crippen LogP contribution >= 0.6 is 0 Å². The smallest absolute Gasteiger partial charge is 0.0666 e. The predicted octanol–water partition coefficient (Wildman–Crippen LogP) is 1.18. The van der Waals surface area contributed by atoms with Crippen molar-refractivity contribution in [2.45, 2.75) is 33.4 Å². The van der Waals surface area contributed by atoms with E-state index in [1.807, 2.05) is 11.7 Å². The Morgan fingerprint density at radius 3 is 2.75 bits per heavy atom. The molecule has 0 aliphatic carbocycles. The fourth-order valence-electron chi connectivity index (χ4n) is 1.30. The second kappa shape index (κ2) is 4.26. The maximum absolute atomic E-state index is 4.44. The highest BCUT2D eigenvalue weighted by molar-refractivity contribution is 5.16. The minimum absolute atomic E-state index is 0.920. The second-order valence-electron chi connectivity index (χ2n) is 2.84. The number of nitrogens with zero attached hydrogens (tertiary/aromatic N) is 2. The summed E-state index contributed by atoms with van der Waals surface area (Å²) in [5, 5.41) is 7.59. The fraction of sp³-hybridized carbons (Fsp3) is 0.667. The largest absolute Gasteiger partial charge is 0.316 e. The molecule has 1 heterocycles. The van der Waals surface area contributed by atoms with E-state index in [-0.39, 0.29) is 0 Å². The average molecular weight is 167 g/mol. The zero-order valence-electron chi connectivity index (χ0n) is 8.09. The Kier molecular flexibility index (Phi) is 3.29. The van der Waals surface area contributed by atoms with Crippen LogP contribution in [0.3, 0.4) is 0 Å². The molecule has 0 amide bonds. The van der Waals surface area contributed by atoms with E-state index in [9.17, 15) is 0 Å². The van der Waals surface area contributed by atoms with Gasteiger partial charge in [0.25, 0.3) is 0 Å². The molecule has 0 aromatic carbocycles. The zero-order chi connectivity index (χ0) is 8.97. The summed E-state index contributed by atoms with van der Waals surface area (Å²) >= 11 is 0. The number of hydrogen-bond acceptors (Lipinski definition) is 2. The molecule has 0 atom stereocenters. The molecule has 1 aromatic heterocycles. The summed E-state index contributed by atoms with van der Waals surface area (Å²) < 4.78 is 1.99. The summed E-state index contributed by atoms with van der Waals surface area (Å²) in [6.07, 6.45) is 3.14.